The van der Waals surface area contributed by atoms with Crippen LogP contribution in [0, 0.1) is 0 Å². The van der Waals surface area contributed by atoms with Crippen LogP contribution in [0.4, 0.5) is 0 Å². The molecule has 1 aliphatic heterocycles. The average Bonchev–Trinajstić information content (AvgIpc) is 3.34. The Balaban J connectivity index is 1.44. The zero-order chi connectivity index (χ0) is 21.2. The van der Waals surface area contributed by atoms with E-state index in [1.54, 1.807) is 0 Å². The lowest BCUT2D eigenvalue weighted by Gasteiger charge is -2.24. The van der Waals surface area contributed by atoms with Gasteiger partial charge in [-0.3, -0.25) is 4.79 Å². The molecular formula is C23H21N3O4S. The predicted octanol–water partition coefficient (Wildman–Crippen LogP) is 3.39. The van der Waals surface area contributed by atoms with E-state index in [1.165, 1.54) is 15.9 Å². The second-order valence-corrected chi connectivity index (χ2v) is 8.19. The van der Waals surface area contributed by atoms with Gasteiger partial charge in [0.25, 0.3) is 5.56 Å². The van der Waals surface area contributed by atoms with Gasteiger partial charge in [-0.1, -0.05) is 55.0 Å². The number of rotatable bonds is 6. The van der Waals surface area contributed by atoms with Gasteiger partial charge in [0.15, 0.2) is 23.4 Å². The molecule has 8 heteroatoms. The summed E-state index contributed by atoms with van der Waals surface area (Å²) in [4.78, 5) is 18.0. The van der Waals surface area contributed by atoms with Gasteiger partial charge in [-0.25, -0.2) is 0 Å². The molecule has 3 heterocycles. The third-order valence-electron chi connectivity index (χ3n) is 4.96. The van der Waals surface area contributed by atoms with Crippen LogP contribution in [0.2, 0.25) is 0 Å². The minimum atomic E-state index is -0.457. The molecule has 0 amide bonds. The molecule has 2 aromatic heterocycles. The highest BCUT2D eigenvalue weighted by Crippen LogP contribution is 2.35. The van der Waals surface area contributed by atoms with Crippen molar-refractivity contribution in [2.45, 2.75) is 25.9 Å². The van der Waals surface area contributed by atoms with E-state index in [0.29, 0.717) is 40.0 Å². The summed E-state index contributed by atoms with van der Waals surface area (Å²) in [6.45, 7) is 3.07. The van der Waals surface area contributed by atoms with Crippen LogP contribution in [0.1, 0.15) is 37.3 Å². The first-order valence-electron chi connectivity index (χ1n) is 10.2. The Hall–Kier alpha value is -3.39. The number of para-hydroxylation sites is 3. The van der Waals surface area contributed by atoms with Gasteiger partial charge in [0.1, 0.15) is 12.4 Å². The van der Waals surface area contributed by atoms with Crippen LogP contribution < -0.4 is 24.3 Å². The monoisotopic (exact) mass is 435 g/mol. The summed E-state index contributed by atoms with van der Waals surface area (Å²) in [5.41, 5.74) is 0.653. The Morgan fingerprint density at radius 3 is 2.84 bits per heavy atom. The van der Waals surface area contributed by atoms with Gasteiger partial charge in [0, 0.05) is 5.56 Å². The van der Waals surface area contributed by atoms with Gasteiger partial charge in [-0.2, -0.15) is 9.50 Å². The molecule has 0 radical (unpaired) electrons. The summed E-state index contributed by atoms with van der Waals surface area (Å²) in [6, 6.07) is 15.2. The Morgan fingerprint density at radius 2 is 2.00 bits per heavy atom. The van der Waals surface area contributed by atoms with Gasteiger partial charge in [0.05, 0.1) is 11.1 Å². The van der Waals surface area contributed by atoms with Crippen molar-refractivity contribution < 1.29 is 14.2 Å². The smallest absolute Gasteiger partial charge is 0.291 e. The highest BCUT2D eigenvalue weighted by molar-refractivity contribution is 7.15. The second kappa shape index (κ2) is 8.39. The fraction of sp³-hybridized carbons (Fsp3) is 0.261. The van der Waals surface area contributed by atoms with Crippen molar-refractivity contribution in [3.63, 3.8) is 0 Å². The van der Waals surface area contributed by atoms with Crippen molar-refractivity contribution in [3.8, 4) is 17.2 Å². The Labute approximate surface area is 182 Å². The van der Waals surface area contributed by atoms with Crippen molar-refractivity contribution in [2.75, 3.05) is 13.2 Å². The zero-order valence-corrected chi connectivity index (χ0v) is 17.8. The highest BCUT2D eigenvalue weighted by atomic mass is 32.1. The van der Waals surface area contributed by atoms with Crippen LogP contribution in [0.3, 0.4) is 0 Å². The number of aromatic nitrogens is 3. The topological polar surface area (TPSA) is 74.9 Å². The third-order valence-corrected chi connectivity index (χ3v) is 5.92. The van der Waals surface area contributed by atoms with Crippen LogP contribution >= 0.6 is 11.3 Å². The van der Waals surface area contributed by atoms with Crippen molar-refractivity contribution in [2.24, 2.45) is 0 Å². The maximum Gasteiger partial charge on any atom is 0.291 e. The number of ether oxygens (including phenoxy) is 3. The minimum absolute atomic E-state index is 0.209. The molecule has 7 nitrogen and oxygen atoms in total. The minimum Gasteiger partial charge on any atom is -0.493 e. The second-order valence-electron chi connectivity index (χ2n) is 7.18. The number of hydrogen-bond donors (Lipinski definition) is 0. The van der Waals surface area contributed by atoms with E-state index in [9.17, 15) is 4.79 Å². The number of hydrogen-bond acceptors (Lipinski definition) is 7. The van der Waals surface area contributed by atoms with Gasteiger partial charge >= 0.3 is 0 Å². The summed E-state index contributed by atoms with van der Waals surface area (Å²) < 4.78 is 19.5. The molecule has 0 fully saturated rings. The quantitative estimate of drug-likeness (QED) is 0.432. The van der Waals surface area contributed by atoms with Gasteiger partial charge in [-0.15, -0.1) is 5.10 Å². The van der Waals surface area contributed by atoms with Crippen LogP contribution in [0.15, 0.2) is 53.3 Å². The van der Waals surface area contributed by atoms with E-state index in [-0.39, 0.29) is 5.56 Å². The number of fused-ring (bicyclic) bond motifs is 2. The molecule has 5 rings (SSSR count). The van der Waals surface area contributed by atoms with Crippen LogP contribution in [0.5, 0.6) is 17.2 Å². The molecule has 4 aromatic rings. The summed E-state index contributed by atoms with van der Waals surface area (Å²) in [6.07, 6.45) is 3.42. The lowest BCUT2D eigenvalue weighted by Crippen LogP contribution is -2.26. The van der Waals surface area contributed by atoms with E-state index >= 15 is 0 Å². The first kappa shape index (κ1) is 19.6. The van der Waals surface area contributed by atoms with Crippen molar-refractivity contribution in [3.05, 3.63) is 74.8 Å². The molecule has 158 valence electrons. The largest absolute Gasteiger partial charge is 0.493 e. The van der Waals surface area contributed by atoms with E-state index in [0.717, 1.165) is 24.2 Å². The Kier molecular flexibility index (Phi) is 5.30. The van der Waals surface area contributed by atoms with E-state index in [2.05, 4.69) is 17.0 Å². The maximum atomic E-state index is 12.9. The molecule has 0 saturated carbocycles. The predicted molar refractivity (Wildman–Crippen MR) is 118 cm³/mol. The molecule has 0 N–H and O–H groups in total. The molecule has 0 bridgehead atoms. The highest BCUT2D eigenvalue weighted by Gasteiger charge is 2.27. The average molecular weight is 436 g/mol. The Morgan fingerprint density at radius 1 is 1.19 bits per heavy atom. The first-order chi connectivity index (χ1) is 15.2. The van der Waals surface area contributed by atoms with Crippen LogP contribution in [-0.2, 0) is 0 Å². The van der Waals surface area contributed by atoms with Gasteiger partial charge < -0.3 is 14.2 Å². The standard InChI is InChI=1S/C23H21N3O4S/c1-2-3-12-28-16-9-5-4-8-15(16)13-20-22(27)26-23(31-20)24-21(25-26)19-14-29-17-10-6-7-11-18(17)30-19/h4-11,13,19H,2-3,12,14H2,1H3/b20-13-/t19-/m1/s1. The molecule has 0 spiro atoms. The fourth-order valence-corrected chi connectivity index (χ4v) is 4.24. The van der Waals surface area contributed by atoms with E-state index < -0.39 is 6.10 Å². The molecule has 1 atom stereocenters. The summed E-state index contributed by atoms with van der Waals surface area (Å²) in [5.74, 6) is 2.54. The number of benzene rings is 2. The van der Waals surface area contributed by atoms with Gasteiger partial charge in [0.2, 0.25) is 4.96 Å². The zero-order valence-electron chi connectivity index (χ0n) is 17.0. The number of nitrogens with zero attached hydrogens (tertiary/aromatic N) is 3. The van der Waals surface area contributed by atoms with Crippen molar-refractivity contribution in [1.82, 2.24) is 14.6 Å². The SMILES string of the molecule is CCCCOc1ccccc1/C=c1\sc2nc([C@H]3COc4ccccc4O3)nn2c1=O. The normalized spacial score (nSPS) is 16.0. The molecule has 31 heavy (non-hydrogen) atoms. The molecule has 2 aromatic carbocycles. The molecule has 0 unspecified atom stereocenters. The molecule has 1 aliphatic rings. The van der Waals surface area contributed by atoms with Crippen LogP contribution in [-0.4, -0.2) is 27.8 Å². The maximum absolute atomic E-state index is 12.9. The molecule has 0 saturated heterocycles. The lowest BCUT2D eigenvalue weighted by molar-refractivity contribution is 0.0852. The van der Waals surface area contributed by atoms with Crippen LogP contribution in [0.25, 0.3) is 11.0 Å². The summed E-state index contributed by atoms with van der Waals surface area (Å²) in [5, 5.41) is 4.40. The van der Waals surface area contributed by atoms with E-state index in [4.69, 9.17) is 14.2 Å². The lowest BCUT2D eigenvalue weighted by atomic mass is 10.2. The first-order valence-corrected chi connectivity index (χ1v) is 11.1. The molecule has 0 aliphatic carbocycles. The number of unbranched alkanes of at least 4 members (excludes halogenated alkanes) is 1. The third kappa shape index (κ3) is 3.86. The summed E-state index contributed by atoms with van der Waals surface area (Å²) in [7, 11) is 0. The molecular weight excluding hydrogens is 414 g/mol. The van der Waals surface area contributed by atoms with Crippen molar-refractivity contribution >= 4 is 22.4 Å². The summed E-state index contributed by atoms with van der Waals surface area (Å²) >= 11 is 1.30. The van der Waals surface area contributed by atoms with E-state index in [1.807, 2.05) is 54.6 Å². The number of thiazole rings is 1. The fourth-order valence-electron chi connectivity index (χ4n) is 3.33. The van der Waals surface area contributed by atoms with Crippen molar-refractivity contribution in [1.29, 1.82) is 0 Å². The van der Waals surface area contributed by atoms with Gasteiger partial charge in [-0.05, 0) is 30.7 Å². The Bertz CT molecular complexity index is 1330.